The van der Waals surface area contributed by atoms with Gasteiger partial charge in [-0.1, -0.05) is 13.3 Å². The summed E-state index contributed by atoms with van der Waals surface area (Å²) in [6.45, 7) is 3.11. The third-order valence-electron chi connectivity index (χ3n) is 3.17. The first-order valence-corrected chi connectivity index (χ1v) is 6.49. The maximum Gasteiger partial charge on any atom is 0.166 e. The summed E-state index contributed by atoms with van der Waals surface area (Å²) in [6.07, 6.45) is 5.39. The zero-order valence-electron chi connectivity index (χ0n) is 9.34. The lowest BCUT2D eigenvalue weighted by Gasteiger charge is -2.12. The fourth-order valence-electron chi connectivity index (χ4n) is 2.30. The summed E-state index contributed by atoms with van der Waals surface area (Å²) in [5, 5.41) is 3.10. The molecule has 1 aromatic rings. The highest BCUT2D eigenvalue weighted by Gasteiger charge is 2.21. The number of anilines is 1. The number of halogens is 2. The summed E-state index contributed by atoms with van der Waals surface area (Å²) < 4.78 is 14.1. The van der Waals surface area contributed by atoms with Crippen molar-refractivity contribution in [1.82, 2.24) is 4.98 Å². The number of rotatable bonds is 3. The second kappa shape index (κ2) is 5.13. The van der Waals surface area contributed by atoms with Gasteiger partial charge in [-0.15, -0.1) is 0 Å². The maximum absolute atomic E-state index is 13.4. The number of nitrogens with one attached hydrogen (secondary N) is 1. The number of nitrogens with zero attached hydrogens (tertiary/aromatic N) is 1. The van der Waals surface area contributed by atoms with Crippen LogP contribution >= 0.6 is 15.9 Å². The van der Waals surface area contributed by atoms with Crippen LogP contribution < -0.4 is 5.32 Å². The Bertz CT molecular complexity index is 370. The van der Waals surface area contributed by atoms with Gasteiger partial charge in [0.05, 0.1) is 0 Å². The van der Waals surface area contributed by atoms with E-state index in [9.17, 15) is 4.39 Å². The van der Waals surface area contributed by atoms with Gasteiger partial charge in [-0.25, -0.2) is 9.37 Å². The van der Waals surface area contributed by atoms with E-state index in [0.29, 0.717) is 16.2 Å². The van der Waals surface area contributed by atoms with Crippen molar-refractivity contribution < 1.29 is 4.39 Å². The fraction of sp³-hybridized carbons (Fsp3) is 0.583. The first kappa shape index (κ1) is 11.8. The van der Waals surface area contributed by atoms with Crippen molar-refractivity contribution in [3.63, 3.8) is 0 Å². The lowest BCUT2D eigenvalue weighted by Crippen LogP contribution is -2.13. The van der Waals surface area contributed by atoms with Crippen molar-refractivity contribution in [3.05, 3.63) is 22.6 Å². The van der Waals surface area contributed by atoms with Gasteiger partial charge >= 0.3 is 0 Å². The molecule has 2 unspecified atom stereocenters. The monoisotopic (exact) mass is 286 g/mol. The molecule has 1 aromatic heterocycles. The molecule has 0 bridgehead atoms. The molecule has 1 heterocycles. The highest BCUT2D eigenvalue weighted by molar-refractivity contribution is 9.10. The molecule has 0 spiro atoms. The third-order valence-corrected chi connectivity index (χ3v) is 3.60. The van der Waals surface area contributed by atoms with Crippen molar-refractivity contribution in [2.45, 2.75) is 26.2 Å². The lowest BCUT2D eigenvalue weighted by atomic mass is 10.1. The van der Waals surface area contributed by atoms with Crippen LogP contribution in [-0.4, -0.2) is 11.5 Å². The Morgan fingerprint density at radius 2 is 2.38 bits per heavy atom. The molecule has 1 saturated carbocycles. The number of hydrogen-bond acceptors (Lipinski definition) is 2. The van der Waals surface area contributed by atoms with Crippen LogP contribution in [0.5, 0.6) is 0 Å². The molecule has 0 aromatic carbocycles. The largest absolute Gasteiger partial charge is 0.367 e. The van der Waals surface area contributed by atoms with E-state index in [4.69, 9.17) is 0 Å². The summed E-state index contributed by atoms with van der Waals surface area (Å²) in [4.78, 5) is 4.02. The summed E-state index contributed by atoms with van der Waals surface area (Å²) in [6, 6.07) is 1.44. The normalized spacial score (nSPS) is 24.7. The van der Waals surface area contributed by atoms with Gasteiger partial charge in [0.15, 0.2) is 11.6 Å². The maximum atomic E-state index is 13.4. The first-order chi connectivity index (χ1) is 7.65. The van der Waals surface area contributed by atoms with Gasteiger partial charge in [-0.2, -0.15) is 0 Å². The molecule has 4 heteroatoms. The number of pyridine rings is 1. The molecule has 1 N–H and O–H groups in total. The van der Waals surface area contributed by atoms with Crippen LogP contribution in [0.25, 0.3) is 0 Å². The van der Waals surface area contributed by atoms with E-state index < -0.39 is 0 Å². The quantitative estimate of drug-likeness (QED) is 0.913. The van der Waals surface area contributed by atoms with Gasteiger partial charge in [-0.05, 0) is 46.7 Å². The standard InChI is InChI=1S/C12H16BrFN2/c1-8-2-3-9(4-8)6-15-12-11(14)5-10(13)7-16-12/h5,7-9H,2-4,6H2,1H3,(H,15,16). The molecular weight excluding hydrogens is 271 g/mol. The molecular formula is C12H16BrFN2. The summed E-state index contributed by atoms with van der Waals surface area (Å²) in [5.41, 5.74) is 0. The van der Waals surface area contributed by atoms with Crippen molar-refractivity contribution in [3.8, 4) is 0 Å². The van der Waals surface area contributed by atoms with Crippen LogP contribution in [0.2, 0.25) is 0 Å². The SMILES string of the molecule is CC1CCC(CNc2ncc(Br)cc2F)C1. The third kappa shape index (κ3) is 2.94. The highest BCUT2D eigenvalue weighted by atomic mass is 79.9. The molecule has 1 aliphatic rings. The summed E-state index contributed by atoms with van der Waals surface area (Å²) in [7, 11) is 0. The van der Waals surface area contributed by atoms with Crippen LogP contribution in [0.15, 0.2) is 16.7 Å². The Hall–Kier alpha value is -0.640. The molecule has 1 fully saturated rings. The number of hydrogen-bond donors (Lipinski definition) is 1. The topological polar surface area (TPSA) is 24.9 Å². The predicted molar refractivity (Wildman–Crippen MR) is 66.9 cm³/mol. The van der Waals surface area contributed by atoms with Gasteiger partial charge in [0.2, 0.25) is 0 Å². The van der Waals surface area contributed by atoms with E-state index >= 15 is 0 Å². The molecule has 1 aliphatic carbocycles. The van der Waals surface area contributed by atoms with Crippen LogP contribution in [0.3, 0.4) is 0 Å². The first-order valence-electron chi connectivity index (χ1n) is 5.70. The van der Waals surface area contributed by atoms with Crippen LogP contribution in [0.1, 0.15) is 26.2 Å². The van der Waals surface area contributed by atoms with E-state index in [-0.39, 0.29) is 5.82 Å². The second-order valence-corrected chi connectivity index (χ2v) is 5.56. The smallest absolute Gasteiger partial charge is 0.166 e. The van der Waals surface area contributed by atoms with Crippen molar-refractivity contribution >= 4 is 21.7 Å². The van der Waals surface area contributed by atoms with Crippen LogP contribution in [-0.2, 0) is 0 Å². The molecule has 2 rings (SSSR count). The van der Waals surface area contributed by atoms with E-state index in [1.807, 2.05) is 0 Å². The molecule has 0 aliphatic heterocycles. The van der Waals surface area contributed by atoms with Gasteiger partial charge in [0.1, 0.15) is 0 Å². The Morgan fingerprint density at radius 3 is 3.00 bits per heavy atom. The summed E-state index contributed by atoms with van der Waals surface area (Å²) in [5.74, 6) is 1.55. The van der Waals surface area contributed by atoms with Crippen LogP contribution in [0, 0.1) is 17.7 Å². The van der Waals surface area contributed by atoms with Gasteiger partial charge < -0.3 is 5.32 Å². The average Bonchev–Trinajstić information content (AvgIpc) is 2.63. The van der Waals surface area contributed by atoms with E-state index in [1.165, 1.54) is 25.3 Å². The zero-order chi connectivity index (χ0) is 11.5. The van der Waals surface area contributed by atoms with Crippen molar-refractivity contribution in [2.24, 2.45) is 11.8 Å². The average molecular weight is 287 g/mol. The minimum atomic E-state index is -0.291. The van der Waals surface area contributed by atoms with Gasteiger partial charge in [0, 0.05) is 17.2 Å². The zero-order valence-corrected chi connectivity index (χ0v) is 10.9. The minimum absolute atomic E-state index is 0.291. The van der Waals surface area contributed by atoms with E-state index in [2.05, 4.69) is 33.2 Å². The Morgan fingerprint density at radius 1 is 1.56 bits per heavy atom. The van der Waals surface area contributed by atoms with E-state index in [0.717, 1.165) is 12.5 Å². The molecule has 0 saturated heterocycles. The molecule has 2 nitrogen and oxygen atoms in total. The Balaban J connectivity index is 1.89. The van der Waals surface area contributed by atoms with Crippen LogP contribution in [0.4, 0.5) is 10.2 Å². The summed E-state index contributed by atoms with van der Waals surface area (Å²) >= 11 is 3.19. The Kier molecular flexibility index (Phi) is 3.79. The molecule has 0 radical (unpaired) electrons. The lowest BCUT2D eigenvalue weighted by molar-refractivity contribution is 0.534. The molecule has 0 amide bonds. The fourth-order valence-corrected chi connectivity index (χ4v) is 2.60. The Labute approximate surface area is 104 Å². The minimum Gasteiger partial charge on any atom is -0.367 e. The second-order valence-electron chi connectivity index (χ2n) is 4.65. The van der Waals surface area contributed by atoms with E-state index in [1.54, 1.807) is 6.20 Å². The predicted octanol–water partition coefficient (Wildman–Crippen LogP) is 3.83. The van der Waals surface area contributed by atoms with Crippen molar-refractivity contribution in [2.75, 3.05) is 11.9 Å². The molecule has 2 atom stereocenters. The molecule has 16 heavy (non-hydrogen) atoms. The number of aromatic nitrogens is 1. The highest BCUT2D eigenvalue weighted by Crippen LogP contribution is 2.30. The van der Waals surface area contributed by atoms with Gasteiger partial charge in [0.25, 0.3) is 0 Å². The van der Waals surface area contributed by atoms with Gasteiger partial charge in [-0.3, -0.25) is 0 Å². The molecule has 88 valence electrons. The van der Waals surface area contributed by atoms with Crippen molar-refractivity contribution in [1.29, 1.82) is 0 Å².